The monoisotopic (exact) mass is 489 g/mol. The molecule has 1 atom stereocenters. The second kappa shape index (κ2) is 11.4. The van der Waals surface area contributed by atoms with Gasteiger partial charge >= 0.3 is 0 Å². The van der Waals surface area contributed by atoms with Crippen molar-refractivity contribution in [1.82, 2.24) is 4.90 Å². The molecule has 160 valence electrons. The van der Waals surface area contributed by atoms with E-state index in [1.54, 1.807) is 19.1 Å². The quantitative estimate of drug-likeness (QED) is 0.345. The lowest BCUT2D eigenvalue weighted by Crippen LogP contribution is -2.35. The van der Waals surface area contributed by atoms with Crippen molar-refractivity contribution in [2.45, 2.75) is 39.2 Å². The number of aliphatic hydroxyl groups is 1. The molecule has 0 aliphatic carbocycles. The molecular formula is C25H29BrClNO2. The molecule has 2 aromatic rings. The molecule has 0 spiro atoms. The van der Waals surface area contributed by atoms with E-state index in [1.165, 1.54) is 0 Å². The van der Waals surface area contributed by atoms with Crippen LogP contribution in [0.4, 0.5) is 0 Å². The molecule has 0 radical (unpaired) electrons. The molecule has 0 saturated carbocycles. The van der Waals surface area contributed by atoms with Gasteiger partial charge in [0.15, 0.2) is 0 Å². The van der Waals surface area contributed by atoms with Gasteiger partial charge in [0, 0.05) is 21.9 Å². The number of hydrogen-bond acceptors (Lipinski definition) is 3. The highest BCUT2D eigenvalue weighted by molar-refractivity contribution is 9.10. The first-order valence-corrected chi connectivity index (χ1v) is 11.2. The lowest BCUT2D eigenvalue weighted by molar-refractivity contribution is 0.0370. The van der Waals surface area contributed by atoms with Crippen molar-refractivity contribution in [2.24, 2.45) is 0 Å². The Morgan fingerprint density at radius 3 is 2.47 bits per heavy atom. The molecule has 1 N–H and O–H groups in total. The largest absolute Gasteiger partial charge is 0.457 e. The SMILES string of the molecule is C=C/C(=C/C)N(/C=C/CCC)CC(C)(O)c1ccc(Oc2ccc(Br)cc2)cc1Cl. The van der Waals surface area contributed by atoms with Crippen LogP contribution in [0, 0.1) is 0 Å². The van der Waals surface area contributed by atoms with Crippen LogP contribution < -0.4 is 4.74 Å². The average molecular weight is 491 g/mol. The molecule has 0 fully saturated rings. The highest BCUT2D eigenvalue weighted by Crippen LogP contribution is 2.34. The number of allylic oxidation sites excluding steroid dienone is 3. The number of rotatable bonds is 10. The Labute approximate surface area is 193 Å². The van der Waals surface area contributed by atoms with E-state index < -0.39 is 5.60 Å². The maximum atomic E-state index is 11.3. The number of unbranched alkanes of at least 4 members (excludes halogenated alkanes) is 1. The third-order valence-corrected chi connectivity index (χ3v) is 5.47. The van der Waals surface area contributed by atoms with Gasteiger partial charge in [-0.3, -0.25) is 0 Å². The molecule has 3 nitrogen and oxygen atoms in total. The molecule has 2 rings (SSSR count). The van der Waals surface area contributed by atoms with E-state index in [2.05, 4.69) is 35.5 Å². The number of nitrogens with zero attached hydrogens (tertiary/aromatic N) is 1. The Morgan fingerprint density at radius 2 is 1.90 bits per heavy atom. The minimum atomic E-state index is -1.18. The van der Waals surface area contributed by atoms with Crippen LogP contribution in [0.15, 0.2) is 83.6 Å². The molecular weight excluding hydrogens is 462 g/mol. The zero-order valence-electron chi connectivity index (χ0n) is 17.7. The summed E-state index contributed by atoms with van der Waals surface area (Å²) in [6.45, 7) is 10.1. The van der Waals surface area contributed by atoms with Gasteiger partial charge in [0.2, 0.25) is 0 Å². The summed E-state index contributed by atoms with van der Waals surface area (Å²) in [6.07, 6.45) is 9.87. The molecule has 0 heterocycles. The van der Waals surface area contributed by atoms with Gasteiger partial charge in [0.05, 0.1) is 11.6 Å². The van der Waals surface area contributed by atoms with Crippen molar-refractivity contribution in [3.8, 4) is 11.5 Å². The van der Waals surface area contributed by atoms with E-state index in [1.807, 2.05) is 60.5 Å². The Morgan fingerprint density at radius 1 is 1.23 bits per heavy atom. The predicted molar refractivity (Wildman–Crippen MR) is 130 cm³/mol. The van der Waals surface area contributed by atoms with E-state index in [-0.39, 0.29) is 0 Å². The Kier molecular flexibility index (Phi) is 9.22. The lowest BCUT2D eigenvalue weighted by atomic mass is 9.95. The summed E-state index contributed by atoms with van der Waals surface area (Å²) in [5.74, 6) is 1.33. The van der Waals surface area contributed by atoms with Gasteiger partial charge < -0.3 is 14.7 Å². The molecule has 0 aliphatic heterocycles. The van der Waals surface area contributed by atoms with Crippen LogP contribution in [-0.2, 0) is 5.60 Å². The number of ether oxygens (including phenoxy) is 1. The lowest BCUT2D eigenvalue weighted by Gasteiger charge is -2.32. The molecule has 0 amide bonds. The maximum absolute atomic E-state index is 11.3. The summed E-state index contributed by atoms with van der Waals surface area (Å²) in [4.78, 5) is 1.99. The molecule has 0 aliphatic rings. The summed E-state index contributed by atoms with van der Waals surface area (Å²) in [7, 11) is 0. The van der Waals surface area contributed by atoms with Crippen LogP contribution >= 0.6 is 27.5 Å². The summed E-state index contributed by atoms with van der Waals surface area (Å²) in [6, 6.07) is 12.9. The van der Waals surface area contributed by atoms with Gasteiger partial charge in [-0.1, -0.05) is 65.7 Å². The van der Waals surface area contributed by atoms with E-state index >= 15 is 0 Å². The molecule has 0 bridgehead atoms. The molecule has 30 heavy (non-hydrogen) atoms. The van der Waals surface area contributed by atoms with Crippen molar-refractivity contribution in [3.63, 3.8) is 0 Å². The average Bonchev–Trinajstić information content (AvgIpc) is 2.70. The third kappa shape index (κ3) is 6.76. The summed E-state index contributed by atoms with van der Waals surface area (Å²) in [5, 5.41) is 11.7. The topological polar surface area (TPSA) is 32.7 Å². The summed E-state index contributed by atoms with van der Waals surface area (Å²) < 4.78 is 6.85. The smallest absolute Gasteiger partial charge is 0.128 e. The number of hydrogen-bond donors (Lipinski definition) is 1. The van der Waals surface area contributed by atoms with E-state index in [9.17, 15) is 5.11 Å². The number of benzene rings is 2. The Balaban J connectivity index is 2.24. The summed E-state index contributed by atoms with van der Waals surface area (Å²) in [5.41, 5.74) is 0.385. The molecule has 5 heteroatoms. The fourth-order valence-corrected chi connectivity index (χ4v) is 3.69. The van der Waals surface area contributed by atoms with Crippen LogP contribution in [0.2, 0.25) is 5.02 Å². The first-order valence-electron chi connectivity index (χ1n) is 9.98. The van der Waals surface area contributed by atoms with Gasteiger partial charge in [-0.25, -0.2) is 0 Å². The fourth-order valence-electron chi connectivity index (χ4n) is 3.05. The minimum Gasteiger partial charge on any atom is -0.457 e. The fraction of sp³-hybridized carbons (Fsp3) is 0.280. The van der Waals surface area contributed by atoms with Gasteiger partial charge in [0.25, 0.3) is 0 Å². The number of halogens is 2. The van der Waals surface area contributed by atoms with Crippen LogP contribution in [0.3, 0.4) is 0 Å². The van der Waals surface area contributed by atoms with Crippen LogP contribution in [0.5, 0.6) is 11.5 Å². The molecule has 1 unspecified atom stereocenters. The molecule has 2 aromatic carbocycles. The van der Waals surface area contributed by atoms with E-state index in [0.717, 1.165) is 23.0 Å². The van der Waals surface area contributed by atoms with Gasteiger partial charge in [0.1, 0.15) is 17.1 Å². The van der Waals surface area contributed by atoms with Crippen molar-refractivity contribution < 1.29 is 9.84 Å². The predicted octanol–water partition coefficient (Wildman–Crippen LogP) is 7.81. The van der Waals surface area contributed by atoms with Crippen LogP contribution in [0.1, 0.15) is 39.2 Å². The normalized spacial score (nSPS) is 13.9. The Bertz CT molecular complexity index is 904. The van der Waals surface area contributed by atoms with Crippen molar-refractivity contribution >= 4 is 27.5 Å². The van der Waals surface area contributed by atoms with Gasteiger partial charge in [-0.2, -0.15) is 0 Å². The van der Waals surface area contributed by atoms with Crippen molar-refractivity contribution in [2.75, 3.05) is 6.54 Å². The minimum absolute atomic E-state index is 0.339. The summed E-state index contributed by atoms with van der Waals surface area (Å²) >= 11 is 9.95. The first-order chi connectivity index (χ1) is 14.3. The zero-order valence-corrected chi connectivity index (χ0v) is 20.1. The molecule has 0 saturated heterocycles. The standard InChI is InChI=1S/C25H29BrClNO2/c1-5-8-9-16-28(20(6-2)7-3)18-25(4,29)23-15-14-22(17-24(23)27)30-21-12-10-19(26)11-13-21/h6-7,9-17,29H,2,5,8,18H2,1,3-4H3/b16-9+,20-7-. The second-order valence-electron chi connectivity index (χ2n) is 7.19. The highest BCUT2D eigenvalue weighted by atomic mass is 79.9. The second-order valence-corrected chi connectivity index (χ2v) is 8.51. The highest BCUT2D eigenvalue weighted by Gasteiger charge is 2.28. The van der Waals surface area contributed by atoms with Gasteiger partial charge in [-0.15, -0.1) is 0 Å². The van der Waals surface area contributed by atoms with Crippen molar-refractivity contribution in [1.29, 1.82) is 0 Å². The Hall–Kier alpha value is -2.01. The van der Waals surface area contributed by atoms with Crippen LogP contribution in [-0.4, -0.2) is 16.6 Å². The van der Waals surface area contributed by atoms with E-state index in [4.69, 9.17) is 16.3 Å². The van der Waals surface area contributed by atoms with E-state index in [0.29, 0.717) is 28.6 Å². The molecule has 0 aromatic heterocycles. The van der Waals surface area contributed by atoms with Gasteiger partial charge in [-0.05, 0) is 62.7 Å². The third-order valence-electron chi connectivity index (χ3n) is 4.63. The van der Waals surface area contributed by atoms with Crippen molar-refractivity contribution in [3.05, 3.63) is 94.2 Å². The zero-order chi connectivity index (χ0) is 22.1. The first kappa shape index (κ1) is 24.3. The van der Waals surface area contributed by atoms with Crippen LogP contribution in [0.25, 0.3) is 0 Å². The maximum Gasteiger partial charge on any atom is 0.128 e.